The van der Waals surface area contributed by atoms with Crippen molar-refractivity contribution in [3.63, 3.8) is 0 Å². The Kier molecular flexibility index (Phi) is 7.16. The molecule has 3 heterocycles. The zero-order chi connectivity index (χ0) is 17.9. The Morgan fingerprint density at radius 2 is 2.19 bits per heavy atom. The number of benzene rings is 1. The van der Waals surface area contributed by atoms with E-state index in [1.54, 1.807) is 12.3 Å². The number of imidazole rings is 1. The van der Waals surface area contributed by atoms with Crippen LogP contribution in [0, 0.1) is 6.92 Å². The number of aromatic nitrogens is 3. The molecule has 0 amide bonds. The first-order valence-electron chi connectivity index (χ1n) is 8.30. The third kappa shape index (κ3) is 4.83. The standard InChI is InChI=1S/C18H19N3O4S.Na.H/c1-12-16(19-7-6-17(12)24-9-13-8-23-11-25-13)10-26(22)18-20-14-4-2-3-5-15(14)21-18;;/h2-7,13H,8-11H2,1H3,(H,20,21);;. The van der Waals surface area contributed by atoms with E-state index >= 15 is 0 Å². The van der Waals surface area contributed by atoms with E-state index in [1.165, 1.54) is 0 Å². The maximum atomic E-state index is 12.7. The second-order valence-electron chi connectivity index (χ2n) is 6.02. The van der Waals surface area contributed by atoms with Gasteiger partial charge in [-0.05, 0) is 25.1 Å². The van der Waals surface area contributed by atoms with Crippen LogP contribution in [0.5, 0.6) is 5.75 Å². The molecule has 1 aliphatic rings. The van der Waals surface area contributed by atoms with E-state index < -0.39 is 11.2 Å². The fourth-order valence-corrected chi connectivity index (χ4v) is 3.84. The van der Waals surface area contributed by atoms with Gasteiger partial charge in [-0.1, -0.05) is 12.1 Å². The number of aromatic amines is 1. The molecule has 0 bridgehead atoms. The molecule has 138 valence electrons. The van der Waals surface area contributed by atoms with Gasteiger partial charge in [-0.2, -0.15) is 4.98 Å². The first-order chi connectivity index (χ1) is 12.7. The van der Waals surface area contributed by atoms with Gasteiger partial charge in [0.2, 0.25) is 0 Å². The predicted molar refractivity (Wildman–Crippen MR) is 104 cm³/mol. The van der Waals surface area contributed by atoms with E-state index in [9.17, 15) is 4.55 Å². The summed E-state index contributed by atoms with van der Waals surface area (Å²) in [4.78, 5) is 11.9. The van der Waals surface area contributed by atoms with E-state index in [-0.39, 0.29) is 41.4 Å². The number of nitrogens with one attached hydrogen (secondary N) is 1. The van der Waals surface area contributed by atoms with Crippen LogP contribution >= 0.6 is 0 Å². The van der Waals surface area contributed by atoms with Gasteiger partial charge in [0.15, 0.2) is 5.75 Å². The minimum absolute atomic E-state index is 0. The number of nitrogens with zero attached hydrogens (tertiary/aromatic N) is 2. The number of ether oxygens (including phenoxy) is 3. The van der Waals surface area contributed by atoms with Crippen LogP contribution in [0.15, 0.2) is 41.7 Å². The molecule has 27 heavy (non-hydrogen) atoms. The van der Waals surface area contributed by atoms with E-state index in [0.717, 1.165) is 22.3 Å². The van der Waals surface area contributed by atoms with Gasteiger partial charge in [0, 0.05) is 22.9 Å². The van der Waals surface area contributed by atoms with Crippen LogP contribution in [0.3, 0.4) is 0 Å². The summed E-state index contributed by atoms with van der Waals surface area (Å²) >= 11 is -1.32. The van der Waals surface area contributed by atoms with Crippen LogP contribution in [0.25, 0.3) is 11.0 Å². The van der Waals surface area contributed by atoms with Gasteiger partial charge in [0.1, 0.15) is 25.3 Å². The number of para-hydroxylation sites is 2. The first kappa shape index (κ1) is 20.6. The molecule has 1 N–H and O–H groups in total. The molecular formula is C18H20N3NaO4S. The third-order valence-electron chi connectivity index (χ3n) is 4.23. The van der Waals surface area contributed by atoms with E-state index in [0.29, 0.717) is 30.9 Å². The Hall–Kier alpha value is -1.13. The van der Waals surface area contributed by atoms with Gasteiger partial charge in [-0.25, -0.2) is 0 Å². The molecule has 1 fully saturated rings. The number of fused-ring (bicyclic) bond motifs is 1. The van der Waals surface area contributed by atoms with Crippen LogP contribution in [0.2, 0.25) is 0 Å². The molecule has 0 saturated carbocycles. The zero-order valence-electron chi connectivity index (χ0n) is 14.3. The fraction of sp³-hybridized carbons (Fsp3) is 0.333. The number of pyridine rings is 1. The van der Waals surface area contributed by atoms with Gasteiger partial charge < -0.3 is 18.8 Å². The summed E-state index contributed by atoms with van der Waals surface area (Å²) in [6, 6.07) is 9.42. The van der Waals surface area contributed by atoms with Crippen molar-refractivity contribution in [3.05, 3.63) is 47.8 Å². The first-order valence-corrected chi connectivity index (χ1v) is 9.62. The number of H-pyrrole nitrogens is 1. The summed E-state index contributed by atoms with van der Waals surface area (Å²) in [5.41, 5.74) is 3.27. The maximum absolute atomic E-state index is 12.7. The summed E-state index contributed by atoms with van der Waals surface area (Å²) in [6.07, 6.45) is 1.61. The number of hydrogen-bond donors (Lipinski definition) is 1. The summed E-state index contributed by atoms with van der Waals surface area (Å²) in [5.74, 6) is 0.985. The molecular weight excluding hydrogens is 377 g/mol. The van der Waals surface area contributed by atoms with Crippen LogP contribution in [0.4, 0.5) is 0 Å². The van der Waals surface area contributed by atoms with Crippen molar-refractivity contribution < 1.29 is 18.8 Å². The Labute approximate surface area is 182 Å². The average molecular weight is 397 g/mol. The van der Waals surface area contributed by atoms with Crippen molar-refractivity contribution in [3.8, 4) is 5.75 Å². The molecule has 0 radical (unpaired) electrons. The van der Waals surface area contributed by atoms with Gasteiger partial charge >= 0.3 is 34.7 Å². The van der Waals surface area contributed by atoms with Crippen molar-refractivity contribution in [2.45, 2.75) is 23.9 Å². The normalized spacial score (nSPS) is 17.6. The molecule has 0 aliphatic carbocycles. The Morgan fingerprint density at radius 3 is 2.96 bits per heavy atom. The van der Waals surface area contributed by atoms with Gasteiger partial charge in [-0.3, -0.25) is 9.97 Å². The molecule has 4 rings (SSSR count). The van der Waals surface area contributed by atoms with Crippen molar-refractivity contribution in [2.75, 3.05) is 20.0 Å². The fourth-order valence-electron chi connectivity index (χ4n) is 2.74. The molecule has 0 spiro atoms. The van der Waals surface area contributed by atoms with Gasteiger partial charge in [0.25, 0.3) is 0 Å². The number of rotatable bonds is 6. The van der Waals surface area contributed by atoms with Gasteiger partial charge in [-0.15, -0.1) is 0 Å². The summed E-state index contributed by atoms with van der Waals surface area (Å²) in [5, 5.41) is 0.454. The quantitative estimate of drug-likeness (QED) is 0.503. The molecule has 3 aromatic rings. The molecule has 9 heteroatoms. The predicted octanol–water partition coefficient (Wildman–Crippen LogP) is 1.68. The SMILES string of the molecule is Cc1c(OCC2COCO2)ccnc1C[S+]([O-])c1nc2ccccc2[nH]1.[NaH]. The molecule has 1 aromatic carbocycles. The molecule has 2 aromatic heterocycles. The van der Waals surface area contributed by atoms with Gasteiger partial charge in [0.05, 0.1) is 23.3 Å². The average Bonchev–Trinajstić information content (AvgIpc) is 3.31. The summed E-state index contributed by atoms with van der Waals surface area (Å²) < 4.78 is 29.1. The monoisotopic (exact) mass is 397 g/mol. The third-order valence-corrected chi connectivity index (χ3v) is 5.39. The zero-order valence-corrected chi connectivity index (χ0v) is 15.1. The van der Waals surface area contributed by atoms with Crippen LogP contribution < -0.4 is 4.74 Å². The molecule has 2 unspecified atom stereocenters. The Bertz CT molecular complexity index is 868. The van der Waals surface area contributed by atoms with E-state index in [2.05, 4.69) is 15.0 Å². The van der Waals surface area contributed by atoms with E-state index in [4.69, 9.17) is 14.2 Å². The van der Waals surface area contributed by atoms with Crippen molar-refractivity contribution in [2.24, 2.45) is 0 Å². The molecule has 1 saturated heterocycles. The number of hydrogen-bond acceptors (Lipinski definition) is 6. The summed E-state index contributed by atoms with van der Waals surface area (Å²) in [7, 11) is 0. The van der Waals surface area contributed by atoms with Crippen LogP contribution in [-0.2, 0) is 26.4 Å². The van der Waals surface area contributed by atoms with Crippen molar-refractivity contribution >= 4 is 51.8 Å². The molecule has 1 aliphatic heterocycles. The molecule has 2 atom stereocenters. The summed E-state index contributed by atoms with van der Waals surface area (Å²) in [6.45, 7) is 3.18. The second kappa shape index (κ2) is 9.38. The second-order valence-corrected chi connectivity index (χ2v) is 7.38. The van der Waals surface area contributed by atoms with Crippen molar-refractivity contribution in [1.82, 2.24) is 15.0 Å². The van der Waals surface area contributed by atoms with Crippen LogP contribution in [-0.4, -0.2) is 75.2 Å². The van der Waals surface area contributed by atoms with Crippen molar-refractivity contribution in [1.29, 1.82) is 0 Å². The Morgan fingerprint density at radius 1 is 1.33 bits per heavy atom. The van der Waals surface area contributed by atoms with E-state index in [1.807, 2.05) is 31.2 Å². The molecule has 7 nitrogen and oxygen atoms in total. The topological polar surface area (TPSA) is 92.3 Å². The Balaban J connectivity index is 0.00000210. The van der Waals surface area contributed by atoms with Crippen LogP contribution in [0.1, 0.15) is 11.3 Å². The minimum atomic E-state index is -1.32.